The van der Waals surface area contributed by atoms with Crippen LogP contribution in [0.5, 0.6) is 0 Å². The smallest absolute Gasteiger partial charge is 0.0820 e. The SMILES string of the molecule is COC1CC(Nc2ccncc2Cl)C1(C)C. The van der Waals surface area contributed by atoms with Crippen LogP contribution in [0, 0.1) is 5.41 Å². The van der Waals surface area contributed by atoms with Crippen LogP contribution < -0.4 is 5.32 Å². The van der Waals surface area contributed by atoms with E-state index in [0.717, 1.165) is 12.1 Å². The largest absolute Gasteiger partial charge is 0.381 e. The van der Waals surface area contributed by atoms with Crippen molar-refractivity contribution in [2.24, 2.45) is 5.41 Å². The Balaban J connectivity index is 2.05. The fraction of sp³-hybridized carbons (Fsp3) is 0.583. The minimum atomic E-state index is 0.140. The van der Waals surface area contributed by atoms with E-state index in [0.29, 0.717) is 17.2 Å². The third kappa shape index (κ3) is 1.89. The Morgan fingerprint density at radius 3 is 2.88 bits per heavy atom. The van der Waals surface area contributed by atoms with Gasteiger partial charge in [0.15, 0.2) is 0 Å². The van der Waals surface area contributed by atoms with Crippen molar-refractivity contribution in [2.75, 3.05) is 12.4 Å². The molecule has 1 aromatic rings. The third-order valence-electron chi connectivity index (χ3n) is 3.56. The third-order valence-corrected chi connectivity index (χ3v) is 3.87. The molecule has 0 aliphatic heterocycles. The lowest BCUT2D eigenvalue weighted by Gasteiger charge is -2.51. The molecule has 16 heavy (non-hydrogen) atoms. The van der Waals surface area contributed by atoms with E-state index >= 15 is 0 Å². The number of nitrogens with one attached hydrogen (secondary N) is 1. The number of anilines is 1. The predicted molar refractivity (Wildman–Crippen MR) is 65.9 cm³/mol. The highest BCUT2D eigenvalue weighted by atomic mass is 35.5. The normalized spacial score (nSPS) is 27.2. The Kier molecular flexibility index (Phi) is 3.08. The molecule has 1 N–H and O–H groups in total. The number of halogens is 1. The quantitative estimate of drug-likeness (QED) is 0.882. The summed E-state index contributed by atoms with van der Waals surface area (Å²) in [6, 6.07) is 2.30. The lowest BCUT2D eigenvalue weighted by Crippen LogP contribution is -2.57. The van der Waals surface area contributed by atoms with Crippen molar-refractivity contribution < 1.29 is 4.74 Å². The zero-order valence-electron chi connectivity index (χ0n) is 9.83. The molecule has 0 amide bonds. The van der Waals surface area contributed by atoms with Gasteiger partial charge in [-0.15, -0.1) is 0 Å². The molecule has 0 aromatic carbocycles. The highest BCUT2D eigenvalue weighted by Gasteiger charge is 2.48. The van der Waals surface area contributed by atoms with Crippen LogP contribution in [-0.4, -0.2) is 24.2 Å². The molecule has 0 saturated heterocycles. The van der Waals surface area contributed by atoms with Crippen LogP contribution in [-0.2, 0) is 4.74 Å². The highest BCUT2D eigenvalue weighted by molar-refractivity contribution is 6.33. The molecule has 88 valence electrons. The molecule has 2 unspecified atom stereocenters. The van der Waals surface area contributed by atoms with E-state index in [2.05, 4.69) is 24.1 Å². The second-order valence-electron chi connectivity index (χ2n) is 4.83. The summed E-state index contributed by atoms with van der Waals surface area (Å²) in [6.07, 6.45) is 4.74. The van der Waals surface area contributed by atoms with E-state index in [1.165, 1.54) is 0 Å². The zero-order valence-corrected chi connectivity index (χ0v) is 10.6. The maximum absolute atomic E-state index is 6.06. The molecule has 0 spiro atoms. The van der Waals surface area contributed by atoms with Gasteiger partial charge in [0, 0.05) is 31.0 Å². The summed E-state index contributed by atoms with van der Waals surface area (Å²) >= 11 is 6.06. The predicted octanol–water partition coefficient (Wildman–Crippen LogP) is 2.96. The van der Waals surface area contributed by atoms with Gasteiger partial charge in [0.2, 0.25) is 0 Å². The standard InChI is InChI=1S/C12H17ClN2O/c1-12(2)10(6-11(12)16-3)15-9-4-5-14-7-8(9)13/h4-5,7,10-11H,6H2,1-3H3,(H,14,15). The van der Waals surface area contributed by atoms with E-state index in [1.54, 1.807) is 19.5 Å². The number of ether oxygens (including phenoxy) is 1. The first-order chi connectivity index (χ1) is 7.55. The van der Waals surface area contributed by atoms with E-state index in [4.69, 9.17) is 16.3 Å². The van der Waals surface area contributed by atoms with Crippen molar-refractivity contribution >= 4 is 17.3 Å². The molecule has 4 heteroatoms. The Morgan fingerprint density at radius 1 is 1.56 bits per heavy atom. The van der Waals surface area contributed by atoms with Crippen LogP contribution in [0.1, 0.15) is 20.3 Å². The first-order valence-corrected chi connectivity index (χ1v) is 5.82. The number of pyridine rings is 1. The van der Waals surface area contributed by atoms with E-state index in [9.17, 15) is 0 Å². The van der Waals surface area contributed by atoms with Gasteiger partial charge in [0.25, 0.3) is 0 Å². The summed E-state index contributed by atoms with van der Waals surface area (Å²) in [6.45, 7) is 4.41. The van der Waals surface area contributed by atoms with Crippen molar-refractivity contribution in [3.63, 3.8) is 0 Å². The number of hydrogen-bond donors (Lipinski definition) is 1. The maximum atomic E-state index is 6.06. The lowest BCUT2D eigenvalue weighted by atomic mass is 9.64. The summed E-state index contributed by atoms with van der Waals surface area (Å²) in [5, 5.41) is 4.12. The van der Waals surface area contributed by atoms with Crippen LogP contribution in [0.3, 0.4) is 0 Å². The summed E-state index contributed by atoms with van der Waals surface area (Å²) in [5.41, 5.74) is 1.09. The molecule has 1 aromatic heterocycles. The molecular weight excluding hydrogens is 224 g/mol. The van der Waals surface area contributed by atoms with Crippen molar-refractivity contribution in [1.82, 2.24) is 4.98 Å². The molecule has 1 fully saturated rings. The Hall–Kier alpha value is -0.800. The Bertz CT molecular complexity index is 381. The molecule has 1 heterocycles. The second kappa shape index (κ2) is 4.22. The fourth-order valence-electron chi connectivity index (χ4n) is 2.21. The van der Waals surface area contributed by atoms with Crippen LogP contribution >= 0.6 is 11.6 Å². The van der Waals surface area contributed by atoms with Crippen LogP contribution in [0.15, 0.2) is 18.5 Å². The Morgan fingerprint density at radius 2 is 2.31 bits per heavy atom. The van der Waals surface area contributed by atoms with Crippen LogP contribution in [0.2, 0.25) is 5.02 Å². The molecule has 3 nitrogen and oxygen atoms in total. The molecule has 2 rings (SSSR count). The van der Waals surface area contributed by atoms with Crippen molar-refractivity contribution in [2.45, 2.75) is 32.4 Å². The molecule has 1 saturated carbocycles. The number of nitrogens with zero attached hydrogens (tertiary/aromatic N) is 1. The van der Waals surface area contributed by atoms with Crippen molar-refractivity contribution in [1.29, 1.82) is 0 Å². The molecular formula is C12H17ClN2O. The molecule has 1 aliphatic rings. The molecule has 1 aliphatic carbocycles. The number of hydrogen-bond acceptors (Lipinski definition) is 3. The van der Waals surface area contributed by atoms with E-state index < -0.39 is 0 Å². The molecule has 2 atom stereocenters. The summed E-state index contributed by atoms with van der Waals surface area (Å²) in [5.74, 6) is 0. The summed E-state index contributed by atoms with van der Waals surface area (Å²) in [4.78, 5) is 3.97. The minimum Gasteiger partial charge on any atom is -0.381 e. The zero-order chi connectivity index (χ0) is 11.8. The van der Waals surface area contributed by atoms with Gasteiger partial charge in [-0.1, -0.05) is 25.4 Å². The van der Waals surface area contributed by atoms with E-state index in [1.807, 2.05) is 6.07 Å². The van der Waals surface area contributed by atoms with Gasteiger partial charge in [-0.2, -0.15) is 0 Å². The number of rotatable bonds is 3. The number of aromatic nitrogens is 1. The van der Waals surface area contributed by atoms with Crippen LogP contribution in [0.25, 0.3) is 0 Å². The first kappa shape index (κ1) is 11.7. The van der Waals surface area contributed by atoms with Gasteiger partial charge in [0.1, 0.15) is 0 Å². The van der Waals surface area contributed by atoms with Gasteiger partial charge < -0.3 is 10.1 Å². The highest BCUT2D eigenvalue weighted by Crippen LogP contribution is 2.44. The average Bonchev–Trinajstić information content (AvgIpc) is 2.26. The summed E-state index contributed by atoms with van der Waals surface area (Å²) < 4.78 is 5.41. The van der Waals surface area contributed by atoms with Gasteiger partial charge in [-0.3, -0.25) is 4.98 Å². The number of methoxy groups -OCH3 is 1. The van der Waals surface area contributed by atoms with Gasteiger partial charge in [-0.25, -0.2) is 0 Å². The lowest BCUT2D eigenvalue weighted by molar-refractivity contribution is -0.0794. The summed E-state index contributed by atoms with van der Waals surface area (Å²) in [7, 11) is 1.77. The molecule has 0 bridgehead atoms. The maximum Gasteiger partial charge on any atom is 0.0820 e. The van der Waals surface area contributed by atoms with Crippen molar-refractivity contribution in [3.05, 3.63) is 23.5 Å². The van der Waals surface area contributed by atoms with Crippen molar-refractivity contribution in [3.8, 4) is 0 Å². The van der Waals surface area contributed by atoms with Gasteiger partial charge >= 0.3 is 0 Å². The fourth-order valence-corrected chi connectivity index (χ4v) is 2.38. The minimum absolute atomic E-state index is 0.140. The Labute approximate surface area is 101 Å². The monoisotopic (exact) mass is 240 g/mol. The topological polar surface area (TPSA) is 34.1 Å². The van der Waals surface area contributed by atoms with Crippen LogP contribution in [0.4, 0.5) is 5.69 Å². The van der Waals surface area contributed by atoms with Gasteiger partial charge in [0.05, 0.1) is 16.8 Å². The first-order valence-electron chi connectivity index (χ1n) is 5.44. The van der Waals surface area contributed by atoms with Gasteiger partial charge in [-0.05, 0) is 12.5 Å². The second-order valence-corrected chi connectivity index (χ2v) is 5.24. The average molecular weight is 241 g/mol. The molecule has 0 radical (unpaired) electrons. The van der Waals surface area contributed by atoms with E-state index in [-0.39, 0.29) is 5.41 Å².